The van der Waals surface area contributed by atoms with Crippen molar-refractivity contribution in [3.05, 3.63) is 58.5 Å². The minimum absolute atomic E-state index is 0.0200. The fourth-order valence-electron chi connectivity index (χ4n) is 2.81. The molecule has 0 aliphatic carbocycles. The summed E-state index contributed by atoms with van der Waals surface area (Å²) in [4.78, 5) is 26.3. The van der Waals surface area contributed by atoms with Crippen molar-refractivity contribution in [2.24, 2.45) is 0 Å². The molecule has 25 heavy (non-hydrogen) atoms. The summed E-state index contributed by atoms with van der Waals surface area (Å²) in [6.07, 6.45) is 9.21. The molecule has 6 heteroatoms. The lowest BCUT2D eigenvalue weighted by Crippen LogP contribution is -2.41. The standard InChI is InChI=1S/C19H14BrNO4/c1-2-9-21-17-8-5-13(20)11-16(17)19(24,18(21)23)12-14(22)6-7-15-4-3-10-25-15/h1,3-8,10-11,24H,9,12H2/b7-6-/t19-/m1/s1. The SMILES string of the molecule is C#CCN1C(=O)[C@@](O)(CC(=O)/C=C\c2ccco2)c2cc(Br)ccc21. The van der Waals surface area contributed by atoms with Gasteiger partial charge in [0.05, 0.1) is 24.9 Å². The summed E-state index contributed by atoms with van der Waals surface area (Å²) in [6, 6.07) is 8.47. The number of amides is 1. The number of anilines is 1. The summed E-state index contributed by atoms with van der Waals surface area (Å²) < 4.78 is 5.81. The highest BCUT2D eigenvalue weighted by atomic mass is 79.9. The highest BCUT2D eigenvalue weighted by Crippen LogP contribution is 2.43. The van der Waals surface area contributed by atoms with Crippen LogP contribution in [0.15, 0.2) is 51.6 Å². The fraction of sp³-hybridized carbons (Fsp3) is 0.158. The van der Waals surface area contributed by atoms with Crippen LogP contribution in [-0.4, -0.2) is 23.3 Å². The zero-order chi connectivity index (χ0) is 18.0. The zero-order valence-electron chi connectivity index (χ0n) is 13.1. The molecule has 0 spiro atoms. The molecule has 1 aliphatic heterocycles. The van der Waals surface area contributed by atoms with E-state index in [0.717, 1.165) is 0 Å². The van der Waals surface area contributed by atoms with Crippen LogP contribution in [0.1, 0.15) is 17.7 Å². The molecule has 1 aromatic heterocycles. The van der Waals surface area contributed by atoms with E-state index in [0.29, 0.717) is 21.5 Å². The van der Waals surface area contributed by atoms with Crippen LogP contribution in [-0.2, 0) is 15.2 Å². The van der Waals surface area contributed by atoms with E-state index in [1.807, 2.05) is 0 Å². The maximum absolute atomic E-state index is 12.7. The lowest BCUT2D eigenvalue weighted by molar-refractivity contribution is -0.140. The molecule has 0 saturated carbocycles. The van der Waals surface area contributed by atoms with Crippen molar-refractivity contribution in [2.45, 2.75) is 12.0 Å². The third kappa shape index (κ3) is 3.16. The highest BCUT2D eigenvalue weighted by Gasteiger charge is 2.50. The number of fused-ring (bicyclic) bond motifs is 1. The molecule has 5 nitrogen and oxygen atoms in total. The molecule has 0 radical (unpaired) electrons. The van der Waals surface area contributed by atoms with E-state index in [9.17, 15) is 14.7 Å². The van der Waals surface area contributed by atoms with Crippen molar-refractivity contribution in [1.82, 2.24) is 0 Å². The smallest absolute Gasteiger partial charge is 0.265 e. The predicted octanol–water partition coefficient (Wildman–Crippen LogP) is 2.88. The second-order valence-electron chi connectivity index (χ2n) is 5.61. The van der Waals surface area contributed by atoms with Crippen molar-refractivity contribution in [3.63, 3.8) is 0 Å². The van der Waals surface area contributed by atoms with Gasteiger partial charge >= 0.3 is 0 Å². The van der Waals surface area contributed by atoms with E-state index >= 15 is 0 Å². The summed E-state index contributed by atoms with van der Waals surface area (Å²) in [5.74, 6) is 1.91. The first-order valence-electron chi connectivity index (χ1n) is 7.48. The third-order valence-corrected chi connectivity index (χ3v) is 4.44. The molecule has 2 heterocycles. The summed E-state index contributed by atoms with van der Waals surface area (Å²) in [5, 5.41) is 11.0. The number of terminal acetylenes is 1. The molecule has 3 rings (SSSR count). The summed E-state index contributed by atoms with van der Waals surface area (Å²) >= 11 is 3.33. The quantitative estimate of drug-likeness (QED) is 0.619. The monoisotopic (exact) mass is 399 g/mol. The van der Waals surface area contributed by atoms with Crippen LogP contribution >= 0.6 is 15.9 Å². The molecule has 0 fully saturated rings. The number of hydrogen-bond donors (Lipinski definition) is 1. The molecule has 126 valence electrons. The second-order valence-corrected chi connectivity index (χ2v) is 6.52. The third-order valence-electron chi connectivity index (χ3n) is 3.95. The Bertz CT molecular complexity index is 895. The van der Waals surface area contributed by atoms with Gasteiger partial charge in [-0.2, -0.15) is 0 Å². The first-order valence-corrected chi connectivity index (χ1v) is 8.27. The van der Waals surface area contributed by atoms with Crippen LogP contribution in [0.3, 0.4) is 0 Å². The topological polar surface area (TPSA) is 70.8 Å². The molecule has 2 aromatic rings. The Labute approximate surface area is 153 Å². The summed E-state index contributed by atoms with van der Waals surface area (Å²) in [6.45, 7) is 0.0200. The maximum Gasteiger partial charge on any atom is 0.265 e. The molecule has 0 saturated heterocycles. The lowest BCUT2D eigenvalue weighted by Gasteiger charge is -2.21. The number of hydrogen-bond acceptors (Lipinski definition) is 4. The van der Waals surface area contributed by atoms with Gasteiger partial charge in [0, 0.05) is 10.0 Å². The Morgan fingerprint density at radius 2 is 2.24 bits per heavy atom. The Morgan fingerprint density at radius 3 is 2.92 bits per heavy atom. The average molecular weight is 400 g/mol. The van der Waals surface area contributed by atoms with E-state index in [2.05, 4.69) is 21.9 Å². The van der Waals surface area contributed by atoms with Gasteiger partial charge in [-0.15, -0.1) is 6.42 Å². The number of benzene rings is 1. The van der Waals surface area contributed by atoms with Gasteiger partial charge in [0.15, 0.2) is 11.4 Å². The van der Waals surface area contributed by atoms with E-state index in [4.69, 9.17) is 10.8 Å². The van der Waals surface area contributed by atoms with Gasteiger partial charge in [-0.1, -0.05) is 21.9 Å². The van der Waals surface area contributed by atoms with Crippen molar-refractivity contribution in [1.29, 1.82) is 0 Å². The molecule has 1 aromatic carbocycles. The van der Waals surface area contributed by atoms with Crippen molar-refractivity contribution >= 4 is 39.4 Å². The first-order chi connectivity index (χ1) is 12.0. The minimum Gasteiger partial charge on any atom is -0.465 e. The van der Waals surface area contributed by atoms with Gasteiger partial charge in [0.25, 0.3) is 5.91 Å². The molecular weight excluding hydrogens is 386 g/mol. The fourth-order valence-corrected chi connectivity index (χ4v) is 3.18. The number of aliphatic hydroxyl groups is 1. The highest BCUT2D eigenvalue weighted by molar-refractivity contribution is 9.10. The molecule has 1 aliphatic rings. The van der Waals surface area contributed by atoms with E-state index < -0.39 is 17.3 Å². The number of carbonyl (C=O) groups is 2. The van der Waals surface area contributed by atoms with Gasteiger partial charge in [0.1, 0.15) is 5.76 Å². The molecular formula is C19H14BrNO4. The van der Waals surface area contributed by atoms with Crippen LogP contribution in [0.2, 0.25) is 0 Å². The van der Waals surface area contributed by atoms with Gasteiger partial charge < -0.3 is 9.52 Å². The predicted molar refractivity (Wildman–Crippen MR) is 96.6 cm³/mol. The van der Waals surface area contributed by atoms with Crippen LogP contribution < -0.4 is 4.90 Å². The second kappa shape index (κ2) is 6.71. The largest absolute Gasteiger partial charge is 0.465 e. The number of furan rings is 1. The molecule has 1 N–H and O–H groups in total. The normalized spacial score (nSPS) is 19.2. The molecule has 0 unspecified atom stereocenters. The zero-order valence-corrected chi connectivity index (χ0v) is 14.7. The average Bonchev–Trinajstić information content (AvgIpc) is 3.16. The van der Waals surface area contributed by atoms with E-state index in [1.165, 1.54) is 23.3 Å². The summed E-state index contributed by atoms with van der Waals surface area (Å²) in [5.41, 5.74) is -1.07. The Kier molecular flexibility index (Phi) is 4.62. The van der Waals surface area contributed by atoms with Crippen molar-refractivity contribution in [2.75, 3.05) is 11.4 Å². The van der Waals surface area contributed by atoms with Gasteiger partial charge in [-0.25, -0.2) is 0 Å². The van der Waals surface area contributed by atoms with Crippen LogP contribution in [0.4, 0.5) is 5.69 Å². The lowest BCUT2D eigenvalue weighted by atomic mass is 9.90. The number of halogens is 1. The van der Waals surface area contributed by atoms with Gasteiger partial charge in [-0.05, 0) is 42.5 Å². The van der Waals surface area contributed by atoms with Gasteiger partial charge in [-0.3, -0.25) is 14.5 Å². The number of ketones is 1. The Balaban J connectivity index is 1.91. The first kappa shape index (κ1) is 17.2. The Hall–Kier alpha value is -2.62. The van der Waals surface area contributed by atoms with E-state index in [-0.39, 0.29) is 13.0 Å². The number of allylic oxidation sites excluding steroid dienone is 1. The van der Waals surface area contributed by atoms with Gasteiger partial charge in [0.2, 0.25) is 0 Å². The van der Waals surface area contributed by atoms with Crippen molar-refractivity contribution < 1.29 is 19.1 Å². The van der Waals surface area contributed by atoms with Crippen molar-refractivity contribution in [3.8, 4) is 12.3 Å². The Morgan fingerprint density at radius 1 is 1.44 bits per heavy atom. The maximum atomic E-state index is 12.7. The summed E-state index contributed by atoms with van der Waals surface area (Å²) in [7, 11) is 0. The van der Waals surface area contributed by atoms with Crippen LogP contribution in [0.5, 0.6) is 0 Å². The molecule has 0 bridgehead atoms. The minimum atomic E-state index is -1.94. The molecule has 1 atom stereocenters. The number of carbonyl (C=O) groups excluding carboxylic acids is 2. The molecule has 1 amide bonds. The van der Waals surface area contributed by atoms with Crippen LogP contribution in [0, 0.1) is 12.3 Å². The van der Waals surface area contributed by atoms with E-state index in [1.54, 1.807) is 30.3 Å². The number of nitrogens with zero attached hydrogens (tertiary/aromatic N) is 1. The number of rotatable bonds is 5. The van der Waals surface area contributed by atoms with Crippen LogP contribution in [0.25, 0.3) is 6.08 Å².